The standard InChI is InChI=1S/C14H15F3N2O4/c1-9(20)19-13(21)23-12(18-19)10-3-5-11(6-4-10)22-8-2-7-14(15,16)17/h3-6,9,20H,2,7-8H2,1H3. The molecule has 0 spiro atoms. The van der Waals surface area contributed by atoms with Crippen molar-refractivity contribution in [1.82, 2.24) is 9.78 Å². The van der Waals surface area contributed by atoms with Gasteiger partial charge in [-0.25, -0.2) is 4.79 Å². The van der Waals surface area contributed by atoms with Crippen molar-refractivity contribution in [2.45, 2.75) is 32.2 Å². The molecule has 2 aromatic rings. The van der Waals surface area contributed by atoms with Crippen LogP contribution >= 0.6 is 0 Å². The van der Waals surface area contributed by atoms with E-state index in [1.807, 2.05) is 0 Å². The van der Waals surface area contributed by atoms with Gasteiger partial charge in [0.2, 0.25) is 5.89 Å². The number of hydrogen-bond donors (Lipinski definition) is 1. The largest absolute Gasteiger partial charge is 0.494 e. The minimum atomic E-state index is -4.19. The van der Waals surface area contributed by atoms with Crippen LogP contribution in [0.1, 0.15) is 26.0 Å². The van der Waals surface area contributed by atoms with Crippen molar-refractivity contribution >= 4 is 0 Å². The van der Waals surface area contributed by atoms with Crippen LogP contribution in [-0.4, -0.2) is 27.7 Å². The highest BCUT2D eigenvalue weighted by Crippen LogP contribution is 2.23. The third-order valence-corrected chi connectivity index (χ3v) is 2.90. The molecule has 1 unspecified atom stereocenters. The minimum absolute atomic E-state index is 0.0273. The number of aliphatic hydroxyl groups excluding tert-OH is 1. The first-order chi connectivity index (χ1) is 10.8. The van der Waals surface area contributed by atoms with E-state index in [1.165, 1.54) is 19.1 Å². The Hall–Kier alpha value is -2.29. The number of halogens is 3. The fourth-order valence-electron chi connectivity index (χ4n) is 1.80. The number of ether oxygens (including phenoxy) is 1. The molecule has 1 aromatic carbocycles. The fourth-order valence-corrected chi connectivity index (χ4v) is 1.80. The van der Waals surface area contributed by atoms with Crippen molar-refractivity contribution in [3.05, 3.63) is 34.8 Å². The zero-order chi connectivity index (χ0) is 17.0. The molecule has 2 rings (SSSR count). The lowest BCUT2D eigenvalue weighted by Crippen LogP contribution is -2.19. The molecule has 0 aliphatic carbocycles. The summed E-state index contributed by atoms with van der Waals surface area (Å²) < 4.78 is 46.9. The second-order valence-electron chi connectivity index (χ2n) is 4.84. The van der Waals surface area contributed by atoms with Gasteiger partial charge >= 0.3 is 11.9 Å². The number of hydrogen-bond acceptors (Lipinski definition) is 5. The van der Waals surface area contributed by atoms with E-state index < -0.39 is 24.6 Å². The monoisotopic (exact) mass is 332 g/mol. The van der Waals surface area contributed by atoms with Crippen LogP contribution in [0.15, 0.2) is 33.5 Å². The first-order valence-corrected chi connectivity index (χ1v) is 6.84. The normalized spacial score (nSPS) is 13.1. The second kappa shape index (κ2) is 6.86. The smallest absolute Gasteiger partial charge is 0.439 e. The van der Waals surface area contributed by atoms with Gasteiger partial charge in [-0.3, -0.25) is 0 Å². The quantitative estimate of drug-likeness (QED) is 0.823. The lowest BCUT2D eigenvalue weighted by atomic mass is 10.2. The molecule has 1 N–H and O–H groups in total. The number of nitrogens with zero attached hydrogens (tertiary/aromatic N) is 2. The Morgan fingerprint density at radius 1 is 1.35 bits per heavy atom. The predicted octanol–water partition coefficient (Wildman–Crippen LogP) is 2.74. The van der Waals surface area contributed by atoms with E-state index in [-0.39, 0.29) is 18.9 Å². The molecule has 0 saturated heterocycles. The van der Waals surface area contributed by atoms with E-state index in [1.54, 1.807) is 12.1 Å². The van der Waals surface area contributed by atoms with E-state index in [0.29, 0.717) is 11.3 Å². The van der Waals surface area contributed by atoms with Crippen LogP contribution in [-0.2, 0) is 0 Å². The molecular weight excluding hydrogens is 317 g/mol. The Morgan fingerprint density at radius 3 is 2.52 bits per heavy atom. The van der Waals surface area contributed by atoms with Gasteiger partial charge in [0.1, 0.15) is 5.75 Å². The van der Waals surface area contributed by atoms with Gasteiger partial charge in [-0.1, -0.05) is 0 Å². The highest BCUT2D eigenvalue weighted by atomic mass is 19.4. The summed E-state index contributed by atoms with van der Waals surface area (Å²) in [5.74, 6) is -0.366. The van der Waals surface area contributed by atoms with Crippen molar-refractivity contribution in [3.8, 4) is 17.2 Å². The third kappa shape index (κ3) is 4.85. The molecule has 1 atom stereocenters. The van der Waals surface area contributed by atoms with Crippen molar-refractivity contribution in [1.29, 1.82) is 0 Å². The van der Waals surface area contributed by atoms with Gasteiger partial charge in [-0.15, -0.1) is 5.10 Å². The molecule has 0 fully saturated rings. The summed E-state index contributed by atoms with van der Waals surface area (Å²) in [7, 11) is 0. The van der Waals surface area contributed by atoms with Crippen molar-refractivity contribution in [3.63, 3.8) is 0 Å². The van der Waals surface area contributed by atoms with Crippen LogP contribution in [0.25, 0.3) is 11.5 Å². The Morgan fingerprint density at radius 2 is 2.00 bits per heavy atom. The van der Waals surface area contributed by atoms with Crippen molar-refractivity contribution in [2.24, 2.45) is 0 Å². The molecule has 1 aromatic heterocycles. The lowest BCUT2D eigenvalue weighted by Gasteiger charge is -2.08. The molecule has 23 heavy (non-hydrogen) atoms. The van der Waals surface area contributed by atoms with Crippen LogP contribution in [0.5, 0.6) is 5.75 Å². The van der Waals surface area contributed by atoms with Gasteiger partial charge in [0, 0.05) is 12.0 Å². The van der Waals surface area contributed by atoms with E-state index in [9.17, 15) is 23.1 Å². The average Bonchev–Trinajstić information content (AvgIpc) is 2.85. The van der Waals surface area contributed by atoms with E-state index in [4.69, 9.17) is 9.15 Å². The van der Waals surface area contributed by atoms with Gasteiger partial charge in [-0.05, 0) is 37.6 Å². The maximum absolute atomic E-state index is 12.0. The first kappa shape index (κ1) is 17.1. The zero-order valence-corrected chi connectivity index (χ0v) is 12.2. The Labute approximate surface area is 129 Å². The maximum atomic E-state index is 12.0. The molecule has 0 aliphatic rings. The number of alkyl halides is 3. The predicted molar refractivity (Wildman–Crippen MR) is 73.9 cm³/mol. The number of benzene rings is 1. The van der Waals surface area contributed by atoms with Crippen LogP contribution < -0.4 is 10.5 Å². The molecule has 0 bridgehead atoms. The summed E-state index contributed by atoms with van der Waals surface area (Å²) in [5, 5.41) is 13.2. The highest BCUT2D eigenvalue weighted by Gasteiger charge is 2.26. The zero-order valence-electron chi connectivity index (χ0n) is 12.2. The molecule has 1 heterocycles. The number of aliphatic hydroxyl groups is 1. The number of aromatic nitrogens is 2. The molecule has 0 radical (unpaired) electrons. The molecule has 6 nitrogen and oxygen atoms in total. The topological polar surface area (TPSA) is 77.5 Å². The van der Waals surface area contributed by atoms with Crippen LogP contribution in [0.3, 0.4) is 0 Å². The van der Waals surface area contributed by atoms with Gasteiger partial charge in [0.15, 0.2) is 6.23 Å². The summed E-state index contributed by atoms with van der Waals surface area (Å²) in [4.78, 5) is 11.4. The summed E-state index contributed by atoms with van der Waals surface area (Å²) >= 11 is 0. The Kier molecular flexibility index (Phi) is 5.09. The Balaban J connectivity index is 1.97. The van der Waals surface area contributed by atoms with Crippen LogP contribution in [0.4, 0.5) is 13.2 Å². The summed E-state index contributed by atoms with van der Waals surface area (Å²) in [6.45, 7) is 1.32. The summed E-state index contributed by atoms with van der Waals surface area (Å²) in [6.07, 6.45) is -6.32. The van der Waals surface area contributed by atoms with Gasteiger partial charge in [0.05, 0.1) is 6.61 Å². The van der Waals surface area contributed by atoms with E-state index >= 15 is 0 Å². The highest BCUT2D eigenvalue weighted by molar-refractivity contribution is 5.53. The van der Waals surface area contributed by atoms with Gasteiger partial charge < -0.3 is 14.3 Å². The Bertz CT molecular complexity index is 689. The number of rotatable bonds is 6. The molecule has 0 aliphatic heterocycles. The minimum Gasteiger partial charge on any atom is -0.494 e. The maximum Gasteiger partial charge on any atom is 0.439 e. The third-order valence-electron chi connectivity index (χ3n) is 2.90. The lowest BCUT2D eigenvalue weighted by molar-refractivity contribution is -0.136. The van der Waals surface area contributed by atoms with Crippen LogP contribution in [0, 0.1) is 0 Å². The second-order valence-corrected chi connectivity index (χ2v) is 4.84. The summed E-state index contributed by atoms with van der Waals surface area (Å²) in [6, 6.07) is 6.17. The first-order valence-electron chi connectivity index (χ1n) is 6.84. The van der Waals surface area contributed by atoms with E-state index in [0.717, 1.165) is 4.68 Å². The summed E-state index contributed by atoms with van der Waals surface area (Å²) in [5.41, 5.74) is 0.476. The molecule has 126 valence electrons. The average molecular weight is 332 g/mol. The van der Waals surface area contributed by atoms with Crippen molar-refractivity contribution < 1.29 is 27.4 Å². The van der Waals surface area contributed by atoms with Crippen molar-refractivity contribution in [2.75, 3.05) is 6.61 Å². The molecule has 0 saturated carbocycles. The van der Waals surface area contributed by atoms with Gasteiger partial charge in [-0.2, -0.15) is 17.9 Å². The van der Waals surface area contributed by atoms with Crippen LogP contribution in [0.2, 0.25) is 0 Å². The molecule has 9 heteroatoms. The van der Waals surface area contributed by atoms with E-state index in [2.05, 4.69) is 5.10 Å². The molecular formula is C14H15F3N2O4. The molecule has 0 amide bonds. The fraction of sp³-hybridized carbons (Fsp3) is 0.429. The SMILES string of the molecule is CC(O)n1nc(-c2ccc(OCCCC(F)(F)F)cc2)oc1=O. The van der Waals surface area contributed by atoms with Gasteiger partial charge in [0.25, 0.3) is 0 Å².